The number of aromatic nitrogens is 3. The van der Waals surface area contributed by atoms with Crippen molar-refractivity contribution in [3.63, 3.8) is 0 Å². The summed E-state index contributed by atoms with van der Waals surface area (Å²) in [6.45, 7) is 0.994. The molecule has 8 heteroatoms. The summed E-state index contributed by atoms with van der Waals surface area (Å²) in [7, 11) is 0. The highest BCUT2D eigenvalue weighted by Crippen LogP contribution is 2.18. The van der Waals surface area contributed by atoms with Crippen LogP contribution in [0.4, 0.5) is 5.69 Å². The summed E-state index contributed by atoms with van der Waals surface area (Å²) >= 11 is 0. The molecule has 1 aromatic carbocycles. The van der Waals surface area contributed by atoms with Gasteiger partial charge in [0.15, 0.2) is 0 Å². The normalized spacial score (nSPS) is 13.3. The van der Waals surface area contributed by atoms with Crippen LogP contribution in [0.15, 0.2) is 29.1 Å². The third kappa shape index (κ3) is 4.97. The standard InChI is InChI=1S/C19H23N5O3/c20-10-3-5-12-27-16-8-6-7-15(13-16)21-18(25)14-24-19(26)23-11-4-1-2-9-17(23)22-24/h6-8,13H,1-5,9,11-12,14H2,(H,21,25). The zero-order valence-electron chi connectivity index (χ0n) is 15.2. The molecule has 27 heavy (non-hydrogen) atoms. The third-order valence-corrected chi connectivity index (χ3v) is 4.39. The van der Waals surface area contributed by atoms with E-state index < -0.39 is 0 Å². The van der Waals surface area contributed by atoms with Crippen molar-refractivity contribution in [2.45, 2.75) is 51.6 Å². The number of nitriles is 1. The Morgan fingerprint density at radius 3 is 3.07 bits per heavy atom. The van der Waals surface area contributed by atoms with E-state index in [1.165, 1.54) is 4.68 Å². The largest absolute Gasteiger partial charge is 0.493 e. The molecule has 0 aliphatic carbocycles. The van der Waals surface area contributed by atoms with Gasteiger partial charge in [0, 0.05) is 31.1 Å². The van der Waals surface area contributed by atoms with Crippen molar-refractivity contribution >= 4 is 11.6 Å². The van der Waals surface area contributed by atoms with Crippen LogP contribution >= 0.6 is 0 Å². The summed E-state index contributed by atoms with van der Waals surface area (Å²) in [6, 6.07) is 9.11. The second-order valence-corrected chi connectivity index (χ2v) is 6.50. The van der Waals surface area contributed by atoms with E-state index in [-0.39, 0.29) is 18.1 Å². The number of nitrogens with one attached hydrogen (secondary N) is 1. The Balaban J connectivity index is 1.60. The van der Waals surface area contributed by atoms with Gasteiger partial charge in [-0.15, -0.1) is 0 Å². The molecule has 0 fully saturated rings. The van der Waals surface area contributed by atoms with Gasteiger partial charge in [0.25, 0.3) is 0 Å². The lowest BCUT2D eigenvalue weighted by atomic mass is 10.2. The van der Waals surface area contributed by atoms with E-state index in [1.54, 1.807) is 28.8 Å². The maximum atomic E-state index is 12.4. The second-order valence-electron chi connectivity index (χ2n) is 6.50. The zero-order valence-corrected chi connectivity index (χ0v) is 15.2. The van der Waals surface area contributed by atoms with E-state index in [0.717, 1.165) is 31.5 Å². The average molecular weight is 369 g/mol. The molecule has 0 unspecified atom stereocenters. The molecule has 0 radical (unpaired) electrons. The third-order valence-electron chi connectivity index (χ3n) is 4.39. The Morgan fingerprint density at radius 2 is 2.22 bits per heavy atom. The summed E-state index contributed by atoms with van der Waals surface area (Å²) in [6.07, 6.45) is 4.95. The summed E-state index contributed by atoms with van der Waals surface area (Å²) in [5, 5.41) is 15.6. The SMILES string of the molecule is N#CCCCOc1cccc(NC(=O)Cn2nc3n(c2=O)CCCCC3)c1. The second kappa shape index (κ2) is 9.03. The van der Waals surface area contributed by atoms with Gasteiger partial charge in [-0.25, -0.2) is 9.48 Å². The van der Waals surface area contributed by atoms with Gasteiger partial charge >= 0.3 is 5.69 Å². The first-order chi connectivity index (χ1) is 13.2. The Labute approximate surface area is 157 Å². The zero-order chi connectivity index (χ0) is 19.1. The molecule has 1 aliphatic rings. The van der Waals surface area contributed by atoms with Gasteiger partial charge in [-0.1, -0.05) is 12.5 Å². The molecule has 142 valence electrons. The number of amides is 1. The van der Waals surface area contributed by atoms with Crippen LogP contribution in [0.1, 0.15) is 37.9 Å². The summed E-state index contributed by atoms with van der Waals surface area (Å²) in [4.78, 5) is 24.7. The molecule has 0 saturated carbocycles. The van der Waals surface area contributed by atoms with Gasteiger partial charge < -0.3 is 10.1 Å². The predicted octanol–water partition coefficient (Wildman–Crippen LogP) is 2.09. The number of carbonyl (C=O) groups is 1. The van der Waals surface area contributed by atoms with Crippen molar-refractivity contribution in [1.82, 2.24) is 14.3 Å². The van der Waals surface area contributed by atoms with Crippen molar-refractivity contribution in [1.29, 1.82) is 5.26 Å². The van der Waals surface area contributed by atoms with Crippen LogP contribution in [-0.2, 0) is 24.3 Å². The number of benzene rings is 1. The summed E-state index contributed by atoms with van der Waals surface area (Å²) in [5.74, 6) is 1.07. The van der Waals surface area contributed by atoms with Crippen LogP contribution in [0, 0.1) is 11.3 Å². The molecular weight excluding hydrogens is 346 g/mol. The Hall–Kier alpha value is -3.08. The summed E-state index contributed by atoms with van der Waals surface area (Å²) < 4.78 is 8.47. The van der Waals surface area contributed by atoms with Gasteiger partial charge in [-0.05, 0) is 31.4 Å². The maximum absolute atomic E-state index is 12.4. The first kappa shape index (κ1) is 18.7. The van der Waals surface area contributed by atoms with E-state index in [4.69, 9.17) is 10.00 Å². The van der Waals surface area contributed by atoms with E-state index in [1.807, 2.05) is 0 Å². The topological polar surface area (TPSA) is 102 Å². The van der Waals surface area contributed by atoms with E-state index in [2.05, 4.69) is 16.5 Å². The van der Waals surface area contributed by atoms with Gasteiger partial charge in [0.1, 0.15) is 18.1 Å². The lowest BCUT2D eigenvalue weighted by Gasteiger charge is -2.08. The molecule has 1 amide bonds. The Morgan fingerprint density at radius 1 is 1.33 bits per heavy atom. The monoisotopic (exact) mass is 369 g/mol. The fourth-order valence-corrected chi connectivity index (χ4v) is 3.07. The molecular formula is C19H23N5O3. The van der Waals surface area contributed by atoms with Crippen LogP contribution in [-0.4, -0.2) is 26.9 Å². The van der Waals surface area contributed by atoms with Crippen LogP contribution in [0.5, 0.6) is 5.75 Å². The molecule has 1 aliphatic heterocycles. The molecule has 0 bridgehead atoms. The fraction of sp³-hybridized carbons (Fsp3) is 0.474. The molecule has 0 spiro atoms. The van der Waals surface area contributed by atoms with Crippen LogP contribution in [0.25, 0.3) is 0 Å². The highest BCUT2D eigenvalue weighted by molar-refractivity contribution is 5.90. The molecule has 3 rings (SSSR count). The van der Waals surface area contributed by atoms with E-state index >= 15 is 0 Å². The minimum atomic E-state index is -0.313. The molecule has 1 aromatic heterocycles. The minimum Gasteiger partial charge on any atom is -0.493 e. The maximum Gasteiger partial charge on any atom is 0.346 e. The van der Waals surface area contributed by atoms with Crippen molar-refractivity contribution in [3.05, 3.63) is 40.6 Å². The number of hydrogen-bond donors (Lipinski definition) is 1. The number of anilines is 1. The lowest BCUT2D eigenvalue weighted by Crippen LogP contribution is -2.30. The van der Waals surface area contributed by atoms with Gasteiger partial charge in [0.05, 0.1) is 12.7 Å². The first-order valence-electron chi connectivity index (χ1n) is 9.23. The lowest BCUT2D eigenvalue weighted by molar-refractivity contribution is -0.117. The van der Waals surface area contributed by atoms with Crippen LogP contribution in [0.3, 0.4) is 0 Å². The number of aryl methyl sites for hydroxylation is 1. The average Bonchev–Trinajstić information content (AvgIpc) is 2.83. The van der Waals surface area contributed by atoms with E-state index in [0.29, 0.717) is 37.4 Å². The van der Waals surface area contributed by atoms with Gasteiger partial charge in [0.2, 0.25) is 5.91 Å². The molecule has 0 saturated heterocycles. The van der Waals surface area contributed by atoms with E-state index in [9.17, 15) is 9.59 Å². The number of rotatable bonds is 7. The smallest absolute Gasteiger partial charge is 0.346 e. The van der Waals surface area contributed by atoms with Crippen molar-refractivity contribution in [3.8, 4) is 11.8 Å². The van der Waals surface area contributed by atoms with Crippen molar-refractivity contribution < 1.29 is 9.53 Å². The van der Waals surface area contributed by atoms with Crippen molar-refractivity contribution in [2.75, 3.05) is 11.9 Å². The summed E-state index contributed by atoms with van der Waals surface area (Å²) in [5.41, 5.74) is 0.364. The van der Waals surface area contributed by atoms with Gasteiger partial charge in [-0.3, -0.25) is 9.36 Å². The molecule has 1 N–H and O–H groups in total. The highest BCUT2D eigenvalue weighted by Gasteiger charge is 2.17. The number of carbonyl (C=O) groups excluding carboxylic acids is 1. The molecule has 0 atom stereocenters. The number of nitrogens with zero attached hydrogens (tertiary/aromatic N) is 4. The van der Waals surface area contributed by atoms with Crippen LogP contribution < -0.4 is 15.7 Å². The quantitative estimate of drug-likeness (QED) is 0.753. The number of fused-ring (bicyclic) bond motifs is 1. The fourth-order valence-electron chi connectivity index (χ4n) is 3.07. The first-order valence-corrected chi connectivity index (χ1v) is 9.23. The molecule has 2 heterocycles. The number of ether oxygens (including phenoxy) is 1. The molecule has 8 nitrogen and oxygen atoms in total. The number of hydrogen-bond acceptors (Lipinski definition) is 5. The van der Waals surface area contributed by atoms with Crippen LogP contribution in [0.2, 0.25) is 0 Å². The molecule has 2 aromatic rings. The van der Waals surface area contributed by atoms with Gasteiger partial charge in [-0.2, -0.15) is 10.4 Å². The predicted molar refractivity (Wildman–Crippen MR) is 99.5 cm³/mol. The Kier molecular flexibility index (Phi) is 6.26. The minimum absolute atomic E-state index is 0.119. The Bertz CT molecular complexity index is 893. The highest BCUT2D eigenvalue weighted by atomic mass is 16.5. The number of unbranched alkanes of at least 4 members (excludes halogenated alkanes) is 1. The van der Waals surface area contributed by atoms with Crippen molar-refractivity contribution in [2.24, 2.45) is 0 Å².